The van der Waals surface area contributed by atoms with Gasteiger partial charge in [0.1, 0.15) is 5.75 Å². The van der Waals surface area contributed by atoms with Crippen LogP contribution in [0.2, 0.25) is 0 Å². The molecular weight excluding hydrogens is 283 g/mol. The molecule has 0 spiro atoms. The van der Waals surface area contributed by atoms with Gasteiger partial charge in [0.2, 0.25) is 0 Å². The Morgan fingerprint density at radius 1 is 1.19 bits per heavy atom. The number of nitrogens with one attached hydrogen (secondary N) is 1. The maximum Gasteiger partial charge on any atom is 0.573 e. The SMILES string of the molecule is CC(NC1CCCCC1O)c1ccc(OC(F)(F)F)cc1. The highest BCUT2D eigenvalue weighted by atomic mass is 19.4. The van der Waals surface area contributed by atoms with Crippen LogP contribution in [-0.4, -0.2) is 23.6 Å². The number of hydrogen-bond acceptors (Lipinski definition) is 3. The summed E-state index contributed by atoms with van der Waals surface area (Å²) >= 11 is 0. The van der Waals surface area contributed by atoms with Gasteiger partial charge in [-0.15, -0.1) is 13.2 Å². The minimum Gasteiger partial charge on any atom is -0.406 e. The van der Waals surface area contributed by atoms with E-state index in [0.717, 1.165) is 31.2 Å². The zero-order chi connectivity index (χ0) is 15.5. The molecule has 2 N–H and O–H groups in total. The summed E-state index contributed by atoms with van der Waals surface area (Å²) in [6, 6.07) is 5.82. The molecule has 0 aromatic heterocycles. The molecule has 1 fully saturated rings. The quantitative estimate of drug-likeness (QED) is 0.894. The Morgan fingerprint density at radius 2 is 1.81 bits per heavy atom. The van der Waals surface area contributed by atoms with Crippen LogP contribution in [0.5, 0.6) is 5.75 Å². The summed E-state index contributed by atoms with van der Waals surface area (Å²) in [5.41, 5.74) is 0.863. The van der Waals surface area contributed by atoms with Gasteiger partial charge in [-0.05, 0) is 37.5 Å². The number of ether oxygens (including phenoxy) is 1. The molecule has 1 aliphatic rings. The molecule has 0 bridgehead atoms. The maximum absolute atomic E-state index is 12.1. The van der Waals surface area contributed by atoms with Crippen molar-refractivity contribution in [1.82, 2.24) is 5.32 Å². The number of aliphatic hydroxyl groups is 1. The summed E-state index contributed by atoms with van der Waals surface area (Å²) in [5, 5.41) is 13.3. The zero-order valence-electron chi connectivity index (χ0n) is 11.9. The molecule has 1 saturated carbocycles. The first-order valence-electron chi connectivity index (χ1n) is 7.15. The van der Waals surface area contributed by atoms with Crippen molar-refractivity contribution in [3.05, 3.63) is 29.8 Å². The highest BCUT2D eigenvalue weighted by Gasteiger charge is 2.31. The van der Waals surface area contributed by atoms with E-state index in [1.165, 1.54) is 12.1 Å². The number of aliphatic hydroxyl groups excluding tert-OH is 1. The summed E-state index contributed by atoms with van der Waals surface area (Å²) in [6.45, 7) is 1.93. The average Bonchev–Trinajstić information content (AvgIpc) is 2.40. The molecule has 3 nitrogen and oxygen atoms in total. The zero-order valence-corrected chi connectivity index (χ0v) is 11.9. The topological polar surface area (TPSA) is 41.5 Å². The second-order valence-electron chi connectivity index (χ2n) is 5.46. The summed E-state index contributed by atoms with van der Waals surface area (Å²) in [6.07, 6.45) is -1.19. The standard InChI is InChI=1S/C15H20F3NO2/c1-10(19-13-4-2-3-5-14(13)20)11-6-8-12(9-7-11)21-15(16,17)18/h6-10,13-14,19-20H,2-5H2,1H3. The predicted molar refractivity (Wildman–Crippen MR) is 72.9 cm³/mol. The third-order valence-corrected chi connectivity index (χ3v) is 3.81. The van der Waals surface area contributed by atoms with Crippen LogP contribution in [0.15, 0.2) is 24.3 Å². The lowest BCUT2D eigenvalue weighted by molar-refractivity contribution is -0.274. The van der Waals surface area contributed by atoms with Crippen molar-refractivity contribution in [2.75, 3.05) is 0 Å². The molecule has 0 saturated heterocycles. The van der Waals surface area contributed by atoms with Gasteiger partial charge < -0.3 is 15.2 Å². The van der Waals surface area contributed by atoms with Crippen molar-refractivity contribution in [1.29, 1.82) is 0 Å². The second-order valence-corrected chi connectivity index (χ2v) is 5.46. The van der Waals surface area contributed by atoms with Gasteiger partial charge in [-0.1, -0.05) is 25.0 Å². The third-order valence-electron chi connectivity index (χ3n) is 3.81. The van der Waals surface area contributed by atoms with Crippen molar-refractivity contribution in [2.24, 2.45) is 0 Å². The van der Waals surface area contributed by atoms with E-state index < -0.39 is 6.36 Å². The molecule has 0 aliphatic heterocycles. The van der Waals surface area contributed by atoms with E-state index in [4.69, 9.17) is 0 Å². The van der Waals surface area contributed by atoms with Crippen LogP contribution < -0.4 is 10.1 Å². The van der Waals surface area contributed by atoms with Crippen molar-refractivity contribution < 1.29 is 23.0 Å². The van der Waals surface area contributed by atoms with Gasteiger partial charge in [-0.3, -0.25) is 0 Å². The van der Waals surface area contributed by atoms with E-state index in [0.29, 0.717) is 0 Å². The number of rotatable bonds is 4. The van der Waals surface area contributed by atoms with Crippen LogP contribution in [-0.2, 0) is 0 Å². The first-order chi connectivity index (χ1) is 9.85. The van der Waals surface area contributed by atoms with Gasteiger partial charge in [0.15, 0.2) is 0 Å². The molecule has 1 aromatic carbocycles. The summed E-state index contributed by atoms with van der Waals surface area (Å²) in [4.78, 5) is 0. The summed E-state index contributed by atoms with van der Waals surface area (Å²) < 4.78 is 40.1. The van der Waals surface area contributed by atoms with Crippen LogP contribution in [0, 0.1) is 0 Å². The van der Waals surface area contributed by atoms with E-state index in [1.54, 1.807) is 12.1 Å². The Kier molecular flexibility index (Phi) is 5.11. The molecule has 6 heteroatoms. The van der Waals surface area contributed by atoms with Crippen molar-refractivity contribution >= 4 is 0 Å². The normalized spacial score (nSPS) is 24.6. The maximum atomic E-state index is 12.1. The first kappa shape index (κ1) is 16.1. The van der Waals surface area contributed by atoms with Crippen LogP contribution in [0.3, 0.4) is 0 Å². The Labute approximate surface area is 122 Å². The summed E-state index contributed by atoms with van der Waals surface area (Å²) in [5.74, 6) is -0.226. The number of benzene rings is 1. The minimum atomic E-state index is -4.67. The van der Waals surface area contributed by atoms with Crippen molar-refractivity contribution in [3.63, 3.8) is 0 Å². The van der Waals surface area contributed by atoms with Gasteiger partial charge in [-0.25, -0.2) is 0 Å². The van der Waals surface area contributed by atoms with E-state index in [2.05, 4.69) is 10.1 Å². The van der Waals surface area contributed by atoms with Crippen LogP contribution in [0.1, 0.15) is 44.2 Å². The van der Waals surface area contributed by atoms with Crippen molar-refractivity contribution in [2.45, 2.75) is 57.2 Å². The molecular formula is C15H20F3NO2. The predicted octanol–water partition coefficient (Wildman–Crippen LogP) is 3.54. The van der Waals surface area contributed by atoms with E-state index in [-0.39, 0.29) is 23.9 Å². The van der Waals surface area contributed by atoms with E-state index >= 15 is 0 Å². The fourth-order valence-corrected chi connectivity index (χ4v) is 2.68. The monoisotopic (exact) mass is 303 g/mol. The van der Waals surface area contributed by atoms with E-state index in [9.17, 15) is 18.3 Å². The highest BCUT2D eigenvalue weighted by molar-refractivity contribution is 5.29. The fraction of sp³-hybridized carbons (Fsp3) is 0.600. The van der Waals surface area contributed by atoms with Crippen LogP contribution in [0.4, 0.5) is 13.2 Å². The molecule has 1 aliphatic carbocycles. The average molecular weight is 303 g/mol. The van der Waals surface area contributed by atoms with Crippen LogP contribution >= 0.6 is 0 Å². The van der Waals surface area contributed by atoms with Crippen molar-refractivity contribution in [3.8, 4) is 5.75 Å². The summed E-state index contributed by atoms with van der Waals surface area (Å²) in [7, 11) is 0. The second kappa shape index (κ2) is 6.66. The van der Waals surface area contributed by atoms with Crippen LogP contribution in [0.25, 0.3) is 0 Å². The molecule has 0 radical (unpaired) electrons. The molecule has 1 aromatic rings. The van der Waals surface area contributed by atoms with Gasteiger partial charge in [0.05, 0.1) is 6.10 Å². The Hall–Kier alpha value is -1.27. The third kappa shape index (κ3) is 4.89. The lowest BCUT2D eigenvalue weighted by atomic mass is 9.91. The Morgan fingerprint density at radius 3 is 2.38 bits per heavy atom. The molecule has 3 atom stereocenters. The smallest absolute Gasteiger partial charge is 0.406 e. The minimum absolute atomic E-state index is 0.0392. The number of halogens is 3. The Bertz CT molecular complexity index is 447. The number of alkyl halides is 3. The van der Waals surface area contributed by atoms with Gasteiger partial charge >= 0.3 is 6.36 Å². The van der Waals surface area contributed by atoms with Gasteiger partial charge in [0.25, 0.3) is 0 Å². The largest absolute Gasteiger partial charge is 0.573 e. The van der Waals surface area contributed by atoms with E-state index in [1.807, 2.05) is 6.92 Å². The molecule has 3 unspecified atom stereocenters. The fourth-order valence-electron chi connectivity index (χ4n) is 2.68. The highest BCUT2D eigenvalue weighted by Crippen LogP contribution is 2.26. The lowest BCUT2D eigenvalue weighted by Gasteiger charge is -2.31. The first-order valence-corrected chi connectivity index (χ1v) is 7.15. The molecule has 0 heterocycles. The van der Waals surface area contributed by atoms with Gasteiger partial charge in [-0.2, -0.15) is 0 Å². The Balaban J connectivity index is 1.94. The van der Waals surface area contributed by atoms with Gasteiger partial charge in [0, 0.05) is 12.1 Å². The number of hydrogen-bond donors (Lipinski definition) is 2. The lowest BCUT2D eigenvalue weighted by Crippen LogP contribution is -2.43. The molecule has 21 heavy (non-hydrogen) atoms. The molecule has 118 valence electrons. The molecule has 2 rings (SSSR count). The molecule has 0 amide bonds.